The Balaban J connectivity index is 1.60. The fourth-order valence-electron chi connectivity index (χ4n) is 3.21. The molecule has 9 heteroatoms. The molecule has 2 atom stereocenters. The van der Waals surface area contributed by atoms with E-state index in [0.717, 1.165) is 9.78 Å². The van der Waals surface area contributed by atoms with Crippen molar-refractivity contribution in [1.82, 2.24) is 20.2 Å². The third-order valence-corrected chi connectivity index (χ3v) is 5.72. The number of hydrogen-bond donors (Lipinski definition) is 2. The van der Waals surface area contributed by atoms with Crippen LogP contribution in [0.3, 0.4) is 0 Å². The van der Waals surface area contributed by atoms with Crippen LogP contribution in [-0.4, -0.2) is 40.4 Å². The highest BCUT2D eigenvalue weighted by atomic mass is 32.1. The number of nitrogens with zero attached hydrogens (tertiary/aromatic N) is 3. The van der Waals surface area contributed by atoms with E-state index in [9.17, 15) is 4.79 Å². The summed E-state index contributed by atoms with van der Waals surface area (Å²) in [5, 5.41) is 10.9. The van der Waals surface area contributed by atoms with E-state index < -0.39 is 0 Å². The lowest BCUT2D eigenvalue weighted by Crippen LogP contribution is -3.11. The minimum absolute atomic E-state index is 0.0976. The maximum Gasteiger partial charge on any atom is 0.271 e. The number of thiophene rings is 1. The largest absolute Gasteiger partial charge is 0.414 e. The highest BCUT2D eigenvalue weighted by molar-refractivity contribution is 7.13. The van der Waals surface area contributed by atoms with E-state index in [1.165, 1.54) is 0 Å². The van der Waals surface area contributed by atoms with Crippen LogP contribution in [0.5, 0.6) is 0 Å². The number of aromatic amines is 1. The molecule has 0 spiro atoms. The Kier molecular flexibility index (Phi) is 5.79. The van der Waals surface area contributed by atoms with Gasteiger partial charge in [-0.15, -0.1) is 21.5 Å². The second kappa shape index (κ2) is 8.64. The van der Waals surface area contributed by atoms with Crippen LogP contribution in [-0.2, 0) is 11.3 Å². The number of aromatic nitrogens is 4. The van der Waals surface area contributed by atoms with Gasteiger partial charge in [-0.1, -0.05) is 18.2 Å². The van der Waals surface area contributed by atoms with Gasteiger partial charge in [-0.25, -0.2) is 4.98 Å². The topological polar surface area (TPSA) is 98.3 Å². The van der Waals surface area contributed by atoms with Gasteiger partial charge >= 0.3 is 0 Å². The van der Waals surface area contributed by atoms with Crippen LogP contribution in [0.25, 0.3) is 21.7 Å². The first-order chi connectivity index (χ1) is 14.2. The van der Waals surface area contributed by atoms with E-state index in [4.69, 9.17) is 9.15 Å². The summed E-state index contributed by atoms with van der Waals surface area (Å²) in [5.74, 6) is 1.68. The molecule has 1 unspecified atom stereocenters. The van der Waals surface area contributed by atoms with Crippen molar-refractivity contribution in [3.63, 3.8) is 0 Å². The van der Waals surface area contributed by atoms with E-state index in [2.05, 4.69) is 20.2 Å². The zero-order valence-electron chi connectivity index (χ0n) is 16.2. The predicted molar refractivity (Wildman–Crippen MR) is 110 cm³/mol. The van der Waals surface area contributed by atoms with E-state index in [1.807, 2.05) is 42.6 Å². The van der Waals surface area contributed by atoms with Gasteiger partial charge in [0.25, 0.3) is 17.3 Å². The lowest BCUT2D eigenvalue weighted by molar-refractivity contribution is -0.945. The molecule has 3 heterocycles. The maximum atomic E-state index is 12.5. The van der Waals surface area contributed by atoms with Gasteiger partial charge in [0.1, 0.15) is 12.6 Å². The first-order valence-corrected chi connectivity index (χ1v) is 10.2. The number of benzene rings is 1. The Bertz CT molecular complexity index is 1140. The highest BCUT2D eigenvalue weighted by Gasteiger charge is 2.25. The molecule has 0 bridgehead atoms. The average Bonchev–Trinajstić information content (AvgIpc) is 3.42. The second-order valence-corrected chi connectivity index (χ2v) is 7.69. The van der Waals surface area contributed by atoms with Gasteiger partial charge in [0, 0.05) is 7.11 Å². The fraction of sp³-hybridized carbons (Fsp3) is 0.300. The first kappa shape index (κ1) is 19.4. The molecule has 2 N–H and O–H groups in total. The van der Waals surface area contributed by atoms with Crippen LogP contribution >= 0.6 is 11.3 Å². The quantitative estimate of drug-likeness (QED) is 0.458. The Labute approximate surface area is 171 Å². The van der Waals surface area contributed by atoms with Crippen molar-refractivity contribution >= 4 is 22.2 Å². The molecule has 4 rings (SSSR count). The van der Waals surface area contributed by atoms with E-state index >= 15 is 0 Å². The van der Waals surface area contributed by atoms with Crippen molar-refractivity contribution in [3.05, 3.63) is 63.8 Å². The first-order valence-electron chi connectivity index (χ1n) is 9.34. The molecule has 0 radical (unpaired) electrons. The molecule has 29 heavy (non-hydrogen) atoms. The summed E-state index contributed by atoms with van der Waals surface area (Å²) < 4.78 is 11.1. The predicted octanol–water partition coefficient (Wildman–Crippen LogP) is 1.83. The monoisotopic (exact) mass is 412 g/mol. The number of quaternary nitrogens is 1. The third-order valence-electron chi connectivity index (χ3n) is 4.86. The Hall–Kier alpha value is -2.88. The SMILES string of the molecule is COCC[NH+](Cc1nnc(-c2cccs2)o1)[C@H](C)c1nc2ccccc2c(=O)[nH]1. The van der Waals surface area contributed by atoms with E-state index in [-0.39, 0.29) is 11.6 Å². The summed E-state index contributed by atoms with van der Waals surface area (Å²) in [7, 11) is 1.67. The molecule has 0 saturated carbocycles. The van der Waals surface area contributed by atoms with Crippen molar-refractivity contribution < 1.29 is 14.1 Å². The molecular weight excluding hydrogens is 390 g/mol. The van der Waals surface area contributed by atoms with Gasteiger partial charge in [-0.3, -0.25) is 4.79 Å². The smallest absolute Gasteiger partial charge is 0.271 e. The lowest BCUT2D eigenvalue weighted by atomic mass is 10.2. The molecule has 150 valence electrons. The zero-order valence-corrected chi connectivity index (χ0v) is 17.0. The molecule has 8 nitrogen and oxygen atoms in total. The lowest BCUT2D eigenvalue weighted by Gasteiger charge is -2.24. The summed E-state index contributed by atoms with van der Waals surface area (Å²) in [4.78, 5) is 22.1. The van der Waals surface area contributed by atoms with Gasteiger partial charge in [-0.05, 0) is 30.5 Å². The normalized spacial score (nSPS) is 13.6. The molecule has 0 saturated heterocycles. The summed E-state index contributed by atoms with van der Waals surface area (Å²) >= 11 is 1.56. The molecule has 4 aromatic rings. The van der Waals surface area contributed by atoms with E-state index in [0.29, 0.717) is 48.2 Å². The van der Waals surface area contributed by atoms with Crippen LogP contribution in [0.4, 0.5) is 0 Å². The van der Waals surface area contributed by atoms with Crippen molar-refractivity contribution in [3.8, 4) is 10.8 Å². The number of para-hydroxylation sites is 1. The van der Waals surface area contributed by atoms with Crippen LogP contribution in [0.15, 0.2) is 51.0 Å². The molecule has 0 amide bonds. The number of fused-ring (bicyclic) bond motifs is 1. The van der Waals surface area contributed by atoms with Crippen molar-refractivity contribution in [1.29, 1.82) is 0 Å². The van der Waals surface area contributed by atoms with Crippen molar-refractivity contribution in [2.75, 3.05) is 20.3 Å². The van der Waals surface area contributed by atoms with Crippen LogP contribution in [0.2, 0.25) is 0 Å². The molecular formula is C20H22N5O3S+. The summed E-state index contributed by atoms with van der Waals surface area (Å²) in [6.07, 6.45) is 0. The number of ether oxygens (including phenoxy) is 1. The molecule has 1 aromatic carbocycles. The van der Waals surface area contributed by atoms with Gasteiger partial charge in [0.15, 0.2) is 12.4 Å². The minimum Gasteiger partial charge on any atom is -0.414 e. The highest BCUT2D eigenvalue weighted by Crippen LogP contribution is 2.22. The molecule has 0 aliphatic carbocycles. The van der Waals surface area contributed by atoms with Crippen molar-refractivity contribution in [2.45, 2.75) is 19.5 Å². The van der Waals surface area contributed by atoms with Crippen LogP contribution < -0.4 is 10.5 Å². The third kappa shape index (κ3) is 4.26. The van der Waals surface area contributed by atoms with Gasteiger partial charge < -0.3 is 19.0 Å². The summed E-state index contributed by atoms with van der Waals surface area (Å²) in [5.41, 5.74) is 0.545. The Morgan fingerprint density at radius 1 is 1.24 bits per heavy atom. The second-order valence-electron chi connectivity index (χ2n) is 6.75. The Morgan fingerprint density at radius 2 is 2.10 bits per heavy atom. The zero-order chi connectivity index (χ0) is 20.2. The fourth-order valence-corrected chi connectivity index (χ4v) is 3.86. The number of rotatable bonds is 8. The van der Waals surface area contributed by atoms with Gasteiger partial charge in [-0.2, -0.15) is 0 Å². The molecule has 0 fully saturated rings. The summed E-state index contributed by atoms with van der Waals surface area (Å²) in [6.45, 7) is 3.78. The number of hydrogen-bond acceptors (Lipinski definition) is 7. The standard InChI is InChI=1S/C20H21N5O3S/c1-13(18-21-15-7-4-3-6-14(15)19(26)22-18)25(9-10-27-2)12-17-23-24-20(28-17)16-8-5-11-29-16/h3-8,11,13H,9-10,12H2,1-2H3,(H,21,22,26)/p+1/t13-/m1/s1. The van der Waals surface area contributed by atoms with Crippen molar-refractivity contribution in [2.24, 2.45) is 0 Å². The number of methoxy groups -OCH3 is 1. The van der Waals surface area contributed by atoms with Crippen LogP contribution in [0.1, 0.15) is 24.7 Å². The molecule has 0 aliphatic rings. The van der Waals surface area contributed by atoms with Gasteiger partial charge in [0.2, 0.25) is 0 Å². The minimum atomic E-state index is -0.138. The van der Waals surface area contributed by atoms with Crippen LogP contribution in [0, 0.1) is 0 Å². The maximum absolute atomic E-state index is 12.5. The average molecular weight is 412 g/mol. The van der Waals surface area contributed by atoms with E-state index in [1.54, 1.807) is 24.5 Å². The molecule has 0 aliphatic heterocycles. The molecule has 3 aromatic heterocycles. The summed E-state index contributed by atoms with van der Waals surface area (Å²) in [6, 6.07) is 11.1. The number of nitrogens with one attached hydrogen (secondary N) is 2. The van der Waals surface area contributed by atoms with Gasteiger partial charge in [0.05, 0.1) is 22.4 Å². The number of H-pyrrole nitrogens is 1. The Morgan fingerprint density at radius 3 is 2.90 bits per heavy atom.